The van der Waals surface area contributed by atoms with Crippen LogP contribution in [0.3, 0.4) is 0 Å². The smallest absolute Gasteiger partial charge is 0.293 e. The van der Waals surface area contributed by atoms with Crippen molar-refractivity contribution < 1.29 is 26.7 Å². The van der Waals surface area contributed by atoms with Gasteiger partial charge in [0.05, 0.1) is 10.9 Å². The van der Waals surface area contributed by atoms with E-state index in [1.165, 1.54) is 6.92 Å². The Morgan fingerprint density at radius 3 is 2.22 bits per heavy atom. The summed E-state index contributed by atoms with van der Waals surface area (Å²) >= 11 is 5.43. The van der Waals surface area contributed by atoms with Gasteiger partial charge in [0.2, 0.25) is 0 Å². The van der Waals surface area contributed by atoms with Gasteiger partial charge in [-0.3, -0.25) is 4.79 Å². The number of halogens is 6. The molecule has 1 nitrogen and oxygen atoms in total. The molecule has 0 aromatic heterocycles. The highest BCUT2D eigenvalue weighted by molar-refractivity contribution is 6.33. The summed E-state index contributed by atoms with van der Waals surface area (Å²) in [7, 11) is 0. The summed E-state index contributed by atoms with van der Waals surface area (Å²) in [5.74, 6) is -0.960. The molecule has 0 aliphatic heterocycles. The Kier molecular flexibility index (Phi) is 4.32. The van der Waals surface area contributed by atoms with E-state index in [1.807, 2.05) is 0 Å². The van der Waals surface area contributed by atoms with E-state index in [-0.39, 0.29) is 0 Å². The average Bonchev–Trinajstić information content (AvgIpc) is 2.25. The Balaban J connectivity index is 3.38. The van der Waals surface area contributed by atoms with Crippen molar-refractivity contribution in [3.63, 3.8) is 0 Å². The lowest BCUT2D eigenvalue weighted by Crippen LogP contribution is -2.15. The first-order chi connectivity index (χ1) is 8.14. The topological polar surface area (TPSA) is 17.1 Å². The predicted molar refractivity (Wildman–Crippen MR) is 56.0 cm³/mol. The van der Waals surface area contributed by atoms with Crippen molar-refractivity contribution in [2.75, 3.05) is 0 Å². The highest BCUT2D eigenvalue weighted by atomic mass is 35.5. The van der Waals surface area contributed by atoms with Gasteiger partial charge < -0.3 is 0 Å². The third-order valence-electron chi connectivity index (χ3n) is 2.24. The van der Waals surface area contributed by atoms with E-state index in [0.717, 1.165) is 0 Å². The fourth-order valence-corrected chi connectivity index (χ4v) is 1.47. The van der Waals surface area contributed by atoms with Crippen LogP contribution in [0.2, 0.25) is 0 Å². The summed E-state index contributed by atoms with van der Waals surface area (Å²) in [6, 6.07) is 1.51. The molecule has 0 bridgehead atoms. The molecule has 1 aromatic carbocycles. The minimum Gasteiger partial charge on any atom is -0.293 e. The predicted octanol–water partition coefficient (Wildman–Crippen LogP) is 4.45. The molecule has 7 heteroatoms. The Morgan fingerprint density at radius 2 is 1.83 bits per heavy atom. The summed E-state index contributed by atoms with van der Waals surface area (Å²) < 4.78 is 62.5. The van der Waals surface area contributed by atoms with Gasteiger partial charge in [-0.25, -0.2) is 8.78 Å². The van der Waals surface area contributed by atoms with Gasteiger partial charge in [0.1, 0.15) is 0 Å². The first kappa shape index (κ1) is 14.9. The average molecular weight is 287 g/mol. The van der Waals surface area contributed by atoms with E-state index in [9.17, 15) is 26.7 Å². The standard InChI is InChI=1S/C11H8ClF5O/c1-5(12)9(18)8-4-6(11(15,16)17)2-3-7(8)10(13)14/h2-5,10H,1H3. The van der Waals surface area contributed by atoms with Gasteiger partial charge >= 0.3 is 6.18 Å². The van der Waals surface area contributed by atoms with Gasteiger partial charge in [0.25, 0.3) is 6.43 Å². The van der Waals surface area contributed by atoms with Crippen LogP contribution in [0.15, 0.2) is 18.2 Å². The number of benzene rings is 1. The molecule has 0 radical (unpaired) electrons. The molecule has 0 aliphatic carbocycles. The van der Waals surface area contributed by atoms with Crippen LogP contribution in [0.25, 0.3) is 0 Å². The molecule has 0 saturated carbocycles. The van der Waals surface area contributed by atoms with Crippen molar-refractivity contribution in [1.29, 1.82) is 0 Å². The van der Waals surface area contributed by atoms with Gasteiger partial charge in [-0.2, -0.15) is 13.2 Å². The second-order valence-corrected chi connectivity index (χ2v) is 4.24. The van der Waals surface area contributed by atoms with Crippen LogP contribution in [0.1, 0.15) is 34.8 Å². The number of ketones is 1. The molecule has 0 N–H and O–H groups in total. The van der Waals surface area contributed by atoms with Crippen LogP contribution in [0, 0.1) is 0 Å². The molecular weight excluding hydrogens is 279 g/mol. The summed E-state index contributed by atoms with van der Waals surface area (Å²) in [6.45, 7) is 1.21. The van der Waals surface area contributed by atoms with Crippen LogP contribution < -0.4 is 0 Å². The molecule has 1 aromatic rings. The lowest BCUT2D eigenvalue weighted by atomic mass is 9.99. The maximum Gasteiger partial charge on any atom is 0.416 e. The maximum atomic E-state index is 12.6. The second-order valence-electron chi connectivity index (χ2n) is 3.58. The van der Waals surface area contributed by atoms with Crippen LogP contribution >= 0.6 is 11.6 Å². The third kappa shape index (κ3) is 3.19. The van der Waals surface area contributed by atoms with E-state index in [0.29, 0.717) is 18.2 Å². The molecule has 0 spiro atoms. The van der Waals surface area contributed by atoms with Crippen molar-refractivity contribution in [3.05, 3.63) is 34.9 Å². The quantitative estimate of drug-likeness (QED) is 0.456. The molecule has 0 fully saturated rings. The van der Waals surface area contributed by atoms with E-state index in [4.69, 9.17) is 11.6 Å². The largest absolute Gasteiger partial charge is 0.416 e. The molecular formula is C11H8ClF5O. The molecule has 100 valence electrons. The monoisotopic (exact) mass is 286 g/mol. The Hall–Kier alpha value is -1.17. The minimum atomic E-state index is -4.70. The second kappa shape index (κ2) is 5.22. The highest BCUT2D eigenvalue weighted by Gasteiger charge is 2.33. The summed E-state index contributed by atoms with van der Waals surface area (Å²) in [4.78, 5) is 11.5. The zero-order valence-electron chi connectivity index (χ0n) is 9.06. The highest BCUT2D eigenvalue weighted by Crippen LogP contribution is 2.33. The number of carbonyl (C=O) groups excluding carboxylic acids is 1. The van der Waals surface area contributed by atoms with Gasteiger partial charge in [-0.1, -0.05) is 6.07 Å². The summed E-state index contributed by atoms with van der Waals surface area (Å²) in [5, 5.41) is -1.18. The first-order valence-electron chi connectivity index (χ1n) is 4.82. The number of hydrogen-bond donors (Lipinski definition) is 0. The van der Waals surface area contributed by atoms with E-state index >= 15 is 0 Å². The van der Waals surface area contributed by atoms with Gasteiger partial charge in [-0.05, 0) is 19.1 Å². The van der Waals surface area contributed by atoms with Crippen molar-refractivity contribution >= 4 is 17.4 Å². The van der Waals surface area contributed by atoms with Crippen LogP contribution in [0.5, 0.6) is 0 Å². The minimum absolute atomic E-state index is 0.405. The fraction of sp³-hybridized carbons (Fsp3) is 0.364. The zero-order valence-corrected chi connectivity index (χ0v) is 9.82. The first-order valence-corrected chi connectivity index (χ1v) is 5.25. The maximum absolute atomic E-state index is 12.6. The van der Waals surface area contributed by atoms with E-state index < -0.39 is 40.5 Å². The van der Waals surface area contributed by atoms with Gasteiger partial charge in [0.15, 0.2) is 5.78 Å². The molecule has 1 rings (SSSR count). The van der Waals surface area contributed by atoms with Crippen LogP contribution in [0.4, 0.5) is 22.0 Å². The van der Waals surface area contributed by atoms with Gasteiger partial charge in [0, 0.05) is 11.1 Å². The molecule has 0 amide bonds. The molecule has 1 atom stereocenters. The van der Waals surface area contributed by atoms with Crippen molar-refractivity contribution in [1.82, 2.24) is 0 Å². The number of hydrogen-bond acceptors (Lipinski definition) is 1. The van der Waals surface area contributed by atoms with Gasteiger partial charge in [-0.15, -0.1) is 11.6 Å². The zero-order chi connectivity index (χ0) is 14.1. The fourth-order valence-electron chi connectivity index (χ4n) is 1.35. The number of Topliss-reactive ketones (excluding diaryl/α,β-unsaturated/α-hetero) is 1. The normalized spacial score (nSPS) is 13.8. The lowest BCUT2D eigenvalue weighted by Gasteiger charge is -2.13. The van der Waals surface area contributed by atoms with Crippen LogP contribution in [-0.4, -0.2) is 11.2 Å². The number of alkyl halides is 6. The van der Waals surface area contributed by atoms with Crippen molar-refractivity contribution in [2.24, 2.45) is 0 Å². The van der Waals surface area contributed by atoms with Crippen molar-refractivity contribution in [3.8, 4) is 0 Å². The summed E-state index contributed by atoms with van der Waals surface area (Å²) in [5.41, 5.74) is -2.60. The number of carbonyl (C=O) groups is 1. The van der Waals surface area contributed by atoms with Crippen LogP contribution in [-0.2, 0) is 6.18 Å². The SMILES string of the molecule is CC(Cl)C(=O)c1cc(C(F)(F)F)ccc1C(F)F. The Labute approximate surface area is 105 Å². The molecule has 0 aliphatic rings. The molecule has 0 saturated heterocycles. The Morgan fingerprint density at radius 1 is 1.28 bits per heavy atom. The molecule has 1 unspecified atom stereocenters. The lowest BCUT2D eigenvalue weighted by molar-refractivity contribution is -0.137. The molecule has 0 heterocycles. The van der Waals surface area contributed by atoms with E-state index in [1.54, 1.807) is 0 Å². The molecule has 18 heavy (non-hydrogen) atoms. The van der Waals surface area contributed by atoms with Crippen molar-refractivity contribution in [2.45, 2.75) is 24.9 Å². The number of rotatable bonds is 3. The summed E-state index contributed by atoms with van der Waals surface area (Å²) in [6.07, 6.45) is -7.74. The third-order valence-corrected chi connectivity index (χ3v) is 2.44. The van der Waals surface area contributed by atoms with E-state index in [2.05, 4.69) is 0 Å². The Bertz CT molecular complexity index is 453.